The molecule has 1 aromatic heterocycles. The average molecular weight is 289 g/mol. The van der Waals surface area contributed by atoms with Gasteiger partial charge in [-0.3, -0.25) is 9.78 Å². The smallest absolute Gasteiger partial charge is 0.223 e. The van der Waals surface area contributed by atoms with E-state index in [4.69, 9.17) is 0 Å². The fourth-order valence-corrected chi connectivity index (χ4v) is 3.15. The molecule has 1 aliphatic carbocycles. The summed E-state index contributed by atoms with van der Waals surface area (Å²) in [5.41, 5.74) is 2.40. The monoisotopic (exact) mass is 289 g/mol. The second-order valence-electron chi connectivity index (χ2n) is 6.18. The second-order valence-corrected chi connectivity index (χ2v) is 6.18. The predicted octanol–water partition coefficient (Wildman–Crippen LogP) is 1.25. The zero-order valence-corrected chi connectivity index (χ0v) is 12.5. The van der Waals surface area contributed by atoms with Crippen molar-refractivity contribution in [2.24, 2.45) is 5.92 Å². The van der Waals surface area contributed by atoms with Crippen molar-refractivity contribution in [1.29, 1.82) is 0 Å². The molecule has 114 valence electrons. The largest absolute Gasteiger partial charge is 0.391 e. The molecule has 2 N–H and O–H groups in total. The zero-order chi connectivity index (χ0) is 14.8. The summed E-state index contributed by atoms with van der Waals surface area (Å²) < 4.78 is 0. The Labute approximate surface area is 125 Å². The van der Waals surface area contributed by atoms with Gasteiger partial charge in [-0.25, -0.2) is 0 Å². The Morgan fingerprint density at radius 1 is 1.33 bits per heavy atom. The maximum absolute atomic E-state index is 12.2. The third-order valence-electron chi connectivity index (χ3n) is 4.76. The Hall–Kier alpha value is -1.62. The van der Waals surface area contributed by atoms with Gasteiger partial charge in [0.25, 0.3) is 0 Å². The maximum atomic E-state index is 12.2. The van der Waals surface area contributed by atoms with E-state index in [1.165, 1.54) is 11.3 Å². The summed E-state index contributed by atoms with van der Waals surface area (Å²) in [6, 6.07) is 2.03. The summed E-state index contributed by atoms with van der Waals surface area (Å²) in [7, 11) is 0. The van der Waals surface area contributed by atoms with E-state index < -0.39 is 0 Å². The van der Waals surface area contributed by atoms with Crippen molar-refractivity contribution in [2.75, 3.05) is 18.0 Å². The number of aliphatic hydroxyl groups is 1. The van der Waals surface area contributed by atoms with Gasteiger partial charge < -0.3 is 15.3 Å². The molecule has 0 aromatic carbocycles. The van der Waals surface area contributed by atoms with Crippen LogP contribution in [-0.4, -0.2) is 41.2 Å². The first kappa shape index (κ1) is 14.3. The third-order valence-corrected chi connectivity index (χ3v) is 4.76. The van der Waals surface area contributed by atoms with Crippen molar-refractivity contribution in [1.82, 2.24) is 10.3 Å². The molecular weight excluding hydrogens is 266 g/mol. The van der Waals surface area contributed by atoms with E-state index in [1.54, 1.807) is 0 Å². The zero-order valence-electron chi connectivity index (χ0n) is 12.5. The van der Waals surface area contributed by atoms with Crippen molar-refractivity contribution in [3.05, 3.63) is 24.0 Å². The molecule has 1 amide bonds. The van der Waals surface area contributed by atoms with Crippen molar-refractivity contribution >= 4 is 11.6 Å². The van der Waals surface area contributed by atoms with Gasteiger partial charge in [0.1, 0.15) is 0 Å². The first-order valence-corrected chi connectivity index (χ1v) is 7.79. The van der Waals surface area contributed by atoms with E-state index in [2.05, 4.69) is 22.1 Å². The first-order chi connectivity index (χ1) is 10.1. The summed E-state index contributed by atoms with van der Waals surface area (Å²) in [5.74, 6) is 0.195. The lowest BCUT2D eigenvalue weighted by Crippen LogP contribution is -2.52. The molecule has 1 aliphatic heterocycles. The highest BCUT2D eigenvalue weighted by atomic mass is 16.3. The number of anilines is 1. The number of amides is 1. The molecule has 0 unspecified atom stereocenters. The van der Waals surface area contributed by atoms with Crippen LogP contribution in [0, 0.1) is 12.8 Å². The third kappa shape index (κ3) is 3.02. The molecule has 5 nitrogen and oxygen atoms in total. The SMILES string of the molecule is Cc1cnccc1N1CCC(C(=O)N[C@@H]2CC[C@H]2O)CC1. The summed E-state index contributed by atoms with van der Waals surface area (Å²) >= 11 is 0. The van der Waals surface area contributed by atoms with E-state index in [-0.39, 0.29) is 24.0 Å². The van der Waals surface area contributed by atoms with E-state index >= 15 is 0 Å². The van der Waals surface area contributed by atoms with Gasteiger partial charge >= 0.3 is 0 Å². The number of aromatic nitrogens is 1. The minimum Gasteiger partial charge on any atom is -0.391 e. The number of carbonyl (C=O) groups excluding carboxylic acids is 1. The van der Waals surface area contributed by atoms with Crippen LogP contribution in [0.4, 0.5) is 5.69 Å². The lowest BCUT2D eigenvalue weighted by Gasteiger charge is -2.37. The van der Waals surface area contributed by atoms with Crippen molar-refractivity contribution in [3.8, 4) is 0 Å². The highest BCUT2D eigenvalue weighted by molar-refractivity contribution is 5.79. The minimum atomic E-state index is -0.339. The van der Waals surface area contributed by atoms with E-state index in [9.17, 15) is 9.90 Å². The van der Waals surface area contributed by atoms with E-state index in [0.717, 1.165) is 38.8 Å². The van der Waals surface area contributed by atoms with Crippen molar-refractivity contribution in [2.45, 2.75) is 44.8 Å². The molecule has 2 fully saturated rings. The Balaban J connectivity index is 1.53. The minimum absolute atomic E-state index is 0.0158. The number of pyridine rings is 1. The molecule has 1 saturated carbocycles. The predicted molar refractivity (Wildman–Crippen MR) is 81.1 cm³/mol. The van der Waals surface area contributed by atoms with Gasteiger partial charge in [-0.2, -0.15) is 0 Å². The van der Waals surface area contributed by atoms with Gasteiger partial charge in [0.05, 0.1) is 12.1 Å². The Morgan fingerprint density at radius 2 is 2.10 bits per heavy atom. The maximum Gasteiger partial charge on any atom is 0.223 e. The van der Waals surface area contributed by atoms with Gasteiger partial charge in [0.15, 0.2) is 0 Å². The Bertz CT molecular complexity index is 512. The number of aryl methyl sites for hydroxylation is 1. The number of hydrogen-bond donors (Lipinski definition) is 2. The average Bonchev–Trinajstić information content (AvgIpc) is 2.51. The van der Waals surface area contributed by atoms with Crippen LogP contribution in [-0.2, 0) is 4.79 Å². The number of nitrogens with one attached hydrogen (secondary N) is 1. The lowest BCUT2D eigenvalue weighted by atomic mass is 9.87. The molecule has 1 saturated heterocycles. The van der Waals surface area contributed by atoms with Gasteiger partial charge in [0.2, 0.25) is 5.91 Å². The highest BCUT2D eigenvalue weighted by Crippen LogP contribution is 2.26. The van der Waals surface area contributed by atoms with Gasteiger partial charge in [-0.15, -0.1) is 0 Å². The van der Waals surface area contributed by atoms with Crippen LogP contribution < -0.4 is 10.2 Å². The van der Waals surface area contributed by atoms with Crippen LogP contribution >= 0.6 is 0 Å². The van der Waals surface area contributed by atoms with Crippen LogP contribution in [0.3, 0.4) is 0 Å². The molecular formula is C16H23N3O2. The topological polar surface area (TPSA) is 65.5 Å². The molecule has 5 heteroatoms. The summed E-state index contributed by atoms with van der Waals surface area (Å²) in [4.78, 5) is 18.7. The number of piperidine rings is 1. The molecule has 2 atom stereocenters. The molecule has 2 heterocycles. The lowest BCUT2D eigenvalue weighted by molar-refractivity contribution is -0.128. The molecule has 2 aliphatic rings. The second kappa shape index (κ2) is 6.02. The van der Waals surface area contributed by atoms with Crippen LogP contribution in [0.25, 0.3) is 0 Å². The number of aliphatic hydroxyl groups excluding tert-OH is 1. The number of nitrogens with zero attached hydrogens (tertiary/aromatic N) is 2. The summed E-state index contributed by atoms with van der Waals surface area (Å²) in [6.45, 7) is 3.87. The Morgan fingerprint density at radius 3 is 2.67 bits per heavy atom. The number of hydrogen-bond acceptors (Lipinski definition) is 4. The molecule has 21 heavy (non-hydrogen) atoms. The normalized spacial score (nSPS) is 26.3. The fraction of sp³-hybridized carbons (Fsp3) is 0.625. The van der Waals surface area contributed by atoms with E-state index in [0.29, 0.717) is 0 Å². The Kier molecular flexibility index (Phi) is 4.10. The number of rotatable bonds is 3. The molecule has 1 aromatic rings. The van der Waals surface area contributed by atoms with Crippen molar-refractivity contribution < 1.29 is 9.90 Å². The van der Waals surface area contributed by atoms with Crippen molar-refractivity contribution in [3.63, 3.8) is 0 Å². The van der Waals surface area contributed by atoms with Crippen LogP contribution in [0.2, 0.25) is 0 Å². The van der Waals surface area contributed by atoms with E-state index in [1.807, 2.05) is 18.5 Å². The van der Waals surface area contributed by atoms with Gasteiger partial charge in [-0.05, 0) is 44.2 Å². The summed E-state index contributed by atoms with van der Waals surface area (Å²) in [6.07, 6.45) is 6.82. The van der Waals surface area contributed by atoms with Gasteiger partial charge in [-0.1, -0.05) is 0 Å². The van der Waals surface area contributed by atoms with Crippen LogP contribution in [0.5, 0.6) is 0 Å². The molecule has 3 rings (SSSR count). The van der Waals surface area contributed by atoms with Crippen LogP contribution in [0.1, 0.15) is 31.2 Å². The quantitative estimate of drug-likeness (QED) is 0.879. The standard InChI is InChI=1S/C16H23N3O2/c1-11-10-17-7-4-14(11)19-8-5-12(6-9-19)16(21)18-13-2-3-15(13)20/h4,7,10,12-13,15,20H,2-3,5-6,8-9H2,1H3,(H,18,21)/t13-,15-/m1/s1. The number of carbonyl (C=O) groups is 1. The van der Waals surface area contributed by atoms with Gasteiger partial charge in [0, 0.05) is 37.1 Å². The molecule has 0 bridgehead atoms. The fourth-order valence-electron chi connectivity index (χ4n) is 3.15. The highest BCUT2D eigenvalue weighted by Gasteiger charge is 2.33. The molecule has 0 spiro atoms. The van der Waals surface area contributed by atoms with Crippen LogP contribution in [0.15, 0.2) is 18.5 Å². The summed E-state index contributed by atoms with van der Waals surface area (Å²) in [5, 5.41) is 12.5. The molecule has 0 radical (unpaired) electrons. The first-order valence-electron chi connectivity index (χ1n) is 7.79.